The molecule has 2 aromatic heterocycles. The van der Waals surface area contributed by atoms with E-state index < -0.39 is 6.04 Å². The number of thiophene rings is 1. The number of aliphatic imine (C=N–C) groups is 1. The van der Waals surface area contributed by atoms with Crippen LogP contribution in [0.3, 0.4) is 0 Å². The second-order valence-electron chi connectivity index (χ2n) is 9.88. The van der Waals surface area contributed by atoms with Gasteiger partial charge in [0.25, 0.3) is 5.91 Å². The largest absolute Gasteiger partial charge is 0.403 e. The Kier molecular flexibility index (Phi) is 8.81. The summed E-state index contributed by atoms with van der Waals surface area (Å²) in [5.41, 5.74) is 8.27. The number of likely N-dealkylation sites (N-methyl/N-ethyl adjacent to an activating group) is 1. The Morgan fingerprint density at radius 2 is 2.08 bits per heavy atom. The Labute approximate surface area is 222 Å². The standard InChI is InChI=1S/C27H37N7O2S/c1-18-12-23-25(30-15-18)33(3)10-11-34(23)17-21-8-9-24(37-21)27(36)32-22(13-19-6-4-5-7-19)26(35)31-20(14-28)16-29-2/h8-9,12,14-16,19,22H,4-7,10-11,13,17,28H2,1-3H3,(H,31,35)(H,32,36)/b20-14+,29-16?. The van der Waals surface area contributed by atoms with Crippen molar-refractivity contribution in [3.05, 3.63) is 51.6 Å². The van der Waals surface area contributed by atoms with E-state index >= 15 is 0 Å². The molecule has 10 heteroatoms. The van der Waals surface area contributed by atoms with E-state index in [0.717, 1.165) is 47.9 Å². The monoisotopic (exact) mass is 523 g/mol. The van der Waals surface area contributed by atoms with Gasteiger partial charge in [-0.1, -0.05) is 25.7 Å². The van der Waals surface area contributed by atoms with Gasteiger partial charge in [0.1, 0.15) is 6.04 Å². The van der Waals surface area contributed by atoms with E-state index in [9.17, 15) is 9.59 Å². The van der Waals surface area contributed by atoms with Crippen LogP contribution in [0.25, 0.3) is 0 Å². The minimum Gasteiger partial charge on any atom is -0.403 e. The fraction of sp³-hybridized carbons (Fsp3) is 0.481. The molecule has 1 unspecified atom stereocenters. The predicted octanol–water partition coefficient (Wildman–Crippen LogP) is 3.20. The molecule has 1 aliphatic carbocycles. The highest BCUT2D eigenvalue weighted by atomic mass is 32.1. The maximum Gasteiger partial charge on any atom is 0.262 e. The van der Waals surface area contributed by atoms with Gasteiger partial charge in [-0.2, -0.15) is 0 Å². The number of carbonyl (C=O) groups excluding carboxylic acids is 2. The van der Waals surface area contributed by atoms with Crippen molar-refractivity contribution in [1.82, 2.24) is 15.6 Å². The topological polar surface area (TPSA) is 116 Å². The minimum atomic E-state index is -0.639. The van der Waals surface area contributed by atoms with Crippen molar-refractivity contribution in [3.63, 3.8) is 0 Å². The summed E-state index contributed by atoms with van der Waals surface area (Å²) in [6, 6.07) is 5.37. The lowest BCUT2D eigenvalue weighted by Gasteiger charge is -2.36. The van der Waals surface area contributed by atoms with Gasteiger partial charge in [0.05, 0.1) is 22.8 Å². The highest BCUT2D eigenvalue weighted by Gasteiger charge is 2.28. The molecular formula is C27H37N7O2S. The minimum absolute atomic E-state index is 0.229. The molecule has 2 amide bonds. The Morgan fingerprint density at radius 3 is 2.81 bits per heavy atom. The summed E-state index contributed by atoms with van der Waals surface area (Å²) >= 11 is 1.47. The lowest BCUT2D eigenvalue weighted by atomic mass is 9.97. The molecule has 0 spiro atoms. The molecular weight excluding hydrogens is 486 g/mol. The van der Waals surface area contributed by atoms with Crippen LogP contribution in [0.1, 0.15) is 52.2 Å². The van der Waals surface area contributed by atoms with Crippen LogP contribution in [0.2, 0.25) is 0 Å². The second-order valence-corrected chi connectivity index (χ2v) is 11.0. The lowest BCUT2D eigenvalue weighted by molar-refractivity contribution is -0.122. The van der Waals surface area contributed by atoms with Crippen LogP contribution in [-0.2, 0) is 11.3 Å². The average Bonchev–Trinajstić information content (AvgIpc) is 3.57. The van der Waals surface area contributed by atoms with E-state index in [-0.39, 0.29) is 11.8 Å². The summed E-state index contributed by atoms with van der Waals surface area (Å²) in [4.78, 5) is 41.0. The number of rotatable bonds is 9. The second kappa shape index (κ2) is 12.2. The lowest BCUT2D eigenvalue weighted by Crippen LogP contribution is -2.47. The first kappa shape index (κ1) is 26.7. The Bertz CT molecular complexity index is 1170. The van der Waals surface area contributed by atoms with Gasteiger partial charge in [-0.3, -0.25) is 14.6 Å². The molecule has 1 atom stereocenters. The van der Waals surface area contributed by atoms with Crippen LogP contribution in [0.15, 0.2) is 41.3 Å². The van der Waals surface area contributed by atoms with E-state index in [1.165, 1.54) is 36.6 Å². The highest BCUT2D eigenvalue weighted by Crippen LogP contribution is 2.33. The smallest absolute Gasteiger partial charge is 0.262 e. The first-order valence-electron chi connectivity index (χ1n) is 12.8. The number of anilines is 2. The summed E-state index contributed by atoms with van der Waals surface area (Å²) < 4.78 is 0. The van der Waals surface area contributed by atoms with E-state index in [1.807, 2.05) is 25.3 Å². The summed E-state index contributed by atoms with van der Waals surface area (Å²) in [6.45, 7) is 4.53. The number of carbonyl (C=O) groups is 2. The third-order valence-corrected chi connectivity index (χ3v) is 8.07. The fourth-order valence-electron chi connectivity index (χ4n) is 5.03. The number of amides is 2. The average molecular weight is 524 g/mol. The van der Waals surface area contributed by atoms with Crippen molar-refractivity contribution in [3.8, 4) is 0 Å². The van der Waals surface area contributed by atoms with Gasteiger partial charge in [-0.25, -0.2) is 4.98 Å². The SMILES string of the molecule is CN=C/C(=C\N)NC(=O)C(CC1CCCC1)NC(=O)c1ccc(CN2CCN(C)c3ncc(C)cc32)s1. The summed E-state index contributed by atoms with van der Waals surface area (Å²) in [6.07, 6.45) is 9.81. The van der Waals surface area contributed by atoms with E-state index in [4.69, 9.17) is 5.73 Å². The van der Waals surface area contributed by atoms with Gasteiger partial charge >= 0.3 is 0 Å². The molecule has 37 heavy (non-hydrogen) atoms. The molecule has 0 radical (unpaired) electrons. The molecule has 0 aromatic carbocycles. The Morgan fingerprint density at radius 1 is 1.30 bits per heavy atom. The van der Waals surface area contributed by atoms with Crippen LogP contribution in [0.5, 0.6) is 0 Å². The maximum absolute atomic E-state index is 13.2. The van der Waals surface area contributed by atoms with E-state index in [1.54, 1.807) is 7.05 Å². The number of nitrogens with two attached hydrogens (primary N) is 1. The third kappa shape index (κ3) is 6.68. The van der Waals surface area contributed by atoms with Gasteiger partial charge in [0.15, 0.2) is 5.82 Å². The van der Waals surface area contributed by atoms with Crippen LogP contribution < -0.4 is 26.2 Å². The number of hydrogen-bond donors (Lipinski definition) is 3. The van der Waals surface area contributed by atoms with Crippen molar-refractivity contribution in [2.75, 3.05) is 37.0 Å². The number of fused-ring (bicyclic) bond motifs is 1. The maximum atomic E-state index is 13.2. The summed E-state index contributed by atoms with van der Waals surface area (Å²) in [5.74, 6) is 0.902. The first-order valence-corrected chi connectivity index (χ1v) is 13.7. The van der Waals surface area contributed by atoms with E-state index in [2.05, 4.69) is 43.5 Å². The molecule has 2 aliphatic rings. The number of hydrogen-bond acceptors (Lipinski definition) is 8. The highest BCUT2D eigenvalue weighted by molar-refractivity contribution is 7.14. The number of nitrogens with zero attached hydrogens (tertiary/aromatic N) is 4. The van der Waals surface area contributed by atoms with Crippen LogP contribution in [-0.4, -0.2) is 56.2 Å². The zero-order chi connectivity index (χ0) is 26.4. The normalized spacial score (nSPS) is 17.2. The molecule has 198 valence electrons. The number of nitrogens with one attached hydrogen (secondary N) is 2. The van der Waals surface area contributed by atoms with Crippen molar-refractivity contribution >= 4 is 40.9 Å². The Balaban J connectivity index is 1.45. The summed E-state index contributed by atoms with van der Waals surface area (Å²) in [7, 11) is 3.67. The van der Waals surface area contributed by atoms with Crippen molar-refractivity contribution in [2.45, 2.75) is 51.6 Å². The number of aryl methyl sites for hydroxylation is 1. The zero-order valence-corrected chi connectivity index (χ0v) is 22.7. The zero-order valence-electron chi connectivity index (χ0n) is 21.9. The molecule has 2 aromatic rings. The Hall–Kier alpha value is -3.40. The number of pyridine rings is 1. The van der Waals surface area contributed by atoms with Gasteiger partial charge in [-0.05, 0) is 43.0 Å². The molecule has 4 N–H and O–H groups in total. The fourth-order valence-corrected chi connectivity index (χ4v) is 5.96. The van der Waals surface area contributed by atoms with Gasteiger partial charge < -0.3 is 26.2 Å². The molecule has 1 fully saturated rings. The van der Waals surface area contributed by atoms with Crippen LogP contribution in [0.4, 0.5) is 11.5 Å². The van der Waals surface area contributed by atoms with Crippen molar-refractivity contribution < 1.29 is 9.59 Å². The molecule has 1 saturated carbocycles. The molecule has 9 nitrogen and oxygen atoms in total. The predicted molar refractivity (Wildman–Crippen MR) is 150 cm³/mol. The molecule has 4 rings (SSSR count). The van der Waals surface area contributed by atoms with Crippen LogP contribution >= 0.6 is 11.3 Å². The third-order valence-electron chi connectivity index (χ3n) is 7.00. The van der Waals surface area contributed by atoms with Crippen molar-refractivity contribution in [1.29, 1.82) is 0 Å². The van der Waals surface area contributed by atoms with Crippen LogP contribution in [0, 0.1) is 12.8 Å². The molecule has 3 heterocycles. The quantitative estimate of drug-likeness (QED) is 0.435. The number of allylic oxidation sites excluding steroid dienone is 1. The van der Waals surface area contributed by atoms with Gasteiger partial charge in [0, 0.05) is 50.7 Å². The molecule has 0 bridgehead atoms. The van der Waals surface area contributed by atoms with Gasteiger partial charge in [0.2, 0.25) is 5.91 Å². The first-order chi connectivity index (χ1) is 17.9. The summed E-state index contributed by atoms with van der Waals surface area (Å²) in [5, 5.41) is 5.79. The van der Waals surface area contributed by atoms with Gasteiger partial charge in [-0.15, -0.1) is 11.3 Å². The molecule has 1 aliphatic heterocycles. The molecule has 0 saturated heterocycles. The number of aromatic nitrogens is 1. The van der Waals surface area contributed by atoms with E-state index in [0.29, 0.717) is 29.5 Å². The van der Waals surface area contributed by atoms with Crippen molar-refractivity contribution in [2.24, 2.45) is 16.6 Å².